The van der Waals surface area contributed by atoms with E-state index < -0.39 is 11.6 Å². The van der Waals surface area contributed by atoms with Crippen molar-refractivity contribution in [3.8, 4) is 0 Å². The molecule has 4 rings (SSSR count). The molecule has 0 unspecified atom stereocenters. The van der Waals surface area contributed by atoms with Gasteiger partial charge in [0.15, 0.2) is 0 Å². The summed E-state index contributed by atoms with van der Waals surface area (Å²) in [4.78, 5) is 20.0. The quantitative estimate of drug-likeness (QED) is 0.152. The Balaban J connectivity index is 1.79. The van der Waals surface area contributed by atoms with E-state index in [1.807, 2.05) is 106 Å². The van der Waals surface area contributed by atoms with E-state index in [9.17, 15) is 4.79 Å². The van der Waals surface area contributed by atoms with E-state index in [-0.39, 0.29) is 6.61 Å². The molecule has 0 aliphatic heterocycles. The smallest absolute Gasteiger partial charge is 0.347 e. The number of rotatable bonds is 8. The molecule has 0 saturated heterocycles. The minimum Gasteiger partial charge on any atom is -0.457 e. The number of oxime groups is 1. The molecule has 36 heavy (non-hydrogen) atoms. The van der Waals surface area contributed by atoms with Crippen molar-refractivity contribution in [2.24, 2.45) is 5.16 Å². The standard InChI is InChI=1S/C31H30N2O3/c1-31(2,3)36-29(34)23-35-32-30(24-15-7-4-8-16-24)27-21-13-14-22-28(27)33(25-17-9-5-10-18-25)26-19-11-6-12-20-26/h4-22H,23H2,1-3H3/b32-30-. The van der Waals surface area contributed by atoms with Crippen molar-refractivity contribution in [2.45, 2.75) is 26.4 Å². The maximum atomic E-state index is 12.2. The minimum atomic E-state index is -0.592. The summed E-state index contributed by atoms with van der Waals surface area (Å²) in [5.41, 5.74) is 4.71. The lowest BCUT2D eigenvalue weighted by atomic mass is 9.99. The Morgan fingerprint density at radius 2 is 1.22 bits per heavy atom. The summed E-state index contributed by atoms with van der Waals surface area (Å²) in [5.74, 6) is -0.470. The van der Waals surface area contributed by atoms with E-state index in [2.05, 4.69) is 40.4 Å². The average molecular weight is 479 g/mol. The van der Waals surface area contributed by atoms with Crippen LogP contribution in [0.3, 0.4) is 0 Å². The monoisotopic (exact) mass is 478 g/mol. The molecule has 0 aliphatic rings. The van der Waals surface area contributed by atoms with Gasteiger partial charge in [-0.05, 0) is 51.1 Å². The first-order valence-electron chi connectivity index (χ1n) is 11.9. The van der Waals surface area contributed by atoms with Gasteiger partial charge in [0, 0.05) is 22.5 Å². The maximum Gasteiger partial charge on any atom is 0.347 e. The molecule has 0 amide bonds. The summed E-state index contributed by atoms with van der Waals surface area (Å²) >= 11 is 0. The van der Waals surface area contributed by atoms with Crippen molar-refractivity contribution in [2.75, 3.05) is 11.5 Å². The van der Waals surface area contributed by atoms with E-state index in [0.29, 0.717) is 5.71 Å². The second-order valence-electron chi connectivity index (χ2n) is 9.19. The van der Waals surface area contributed by atoms with Crippen molar-refractivity contribution >= 4 is 28.7 Å². The first-order chi connectivity index (χ1) is 17.4. The zero-order valence-electron chi connectivity index (χ0n) is 20.8. The number of para-hydroxylation sites is 3. The third-order valence-corrected chi connectivity index (χ3v) is 5.23. The molecule has 182 valence electrons. The highest BCUT2D eigenvalue weighted by Gasteiger charge is 2.21. The van der Waals surface area contributed by atoms with Gasteiger partial charge in [0.2, 0.25) is 6.61 Å². The van der Waals surface area contributed by atoms with Crippen molar-refractivity contribution in [1.82, 2.24) is 0 Å². The topological polar surface area (TPSA) is 51.1 Å². The second-order valence-corrected chi connectivity index (χ2v) is 9.19. The van der Waals surface area contributed by atoms with Crippen LogP contribution in [-0.4, -0.2) is 23.9 Å². The molecule has 0 aliphatic carbocycles. The van der Waals surface area contributed by atoms with Gasteiger partial charge in [0.1, 0.15) is 11.3 Å². The van der Waals surface area contributed by atoms with E-state index in [4.69, 9.17) is 9.57 Å². The third kappa shape index (κ3) is 6.39. The Morgan fingerprint density at radius 1 is 0.722 bits per heavy atom. The molecular weight excluding hydrogens is 448 g/mol. The fourth-order valence-corrected chi connectivity index (χ4v) is 3.82. The largest absolute Gasteiger partial charge is 0.457 e. The molecule has 0 bridgehead atoms. The predicted molar refractivity (Wildman–Crippen MR) is 145 cm³/mol. The molecule has 0 spiro atoms. The van der Waals surface area contributed by atoms with Crippen LogP contribution in [0, 0.1) is 0 Å². The summed E-state index contributed by atoms with van der Waals surface area (Å²) in [6, 6.07) is 38.2. The van der Waals surface area contributed by atoms with Crippen molar-refractivity contribution in [3.05, 3.63) is 126 Å². The van der Waals surface area contributed by atoms with Gasteiger partial charge >= 0.3 is 5.97 Å². The highest BCUT2D eigenvalue weighted by Crippen LogP contribution is 2.37. The fraction of sp³-hybridized carbons (Fsp3) is 0.161. The van der Waals surface area contributed by atoms with E-state index >= 15 is 0 Å². The Hall–Kier alpha value is -4.38. The number of benzene rings is 4. The predicted octanol–water partition coefficient (Wildman–Crippen LogP) is 7.27. The van der Waals surface area contributed by atoms with Gasteiger partial charge in [0.05, 0.1) is 5.69 Å². The number of carbonyl (C=O) groups is 1. The highest BCUT2D eigenvalue weighted by atomic mass is 16.7. The molecule has 0 fully saturated rings. The van der Waals surface area contributed by atoms with Crippen LogP contribution < -0.4 is 4.90 Å². The van der Waals surface area contributed by atoms with Gasteiger partial charge in [-0.25, -0.2) is 4.79 Å². The van der Waals surface area contributed by atoms with Crippen LogP contribution in [0.1, 0.15) is 31.9 Å². The van der Waals surface area contributed by atoms with Gasteiger partial charge in [-0.15, -0.1) is 0 Å². The van der Waals surface area contributed by atoms with Crippen LogP contribution in [0.4, 0.5) is 17.1 Å². The van der Waals surface area contributed by atoms with Gasteiger partial charge in [-0.1, -0.05) is 90.1 Å². The number of hydrogen-bond donors (Lipinski definition) is 0. The SMILES string of the molecule is CC(C)(C)OC(=O)CO/N=C(/c1ccccc1)c1ccccc1N(c1ccccc1)c1ccccc1. The lowest BCUT2D eigenvalue weighted by Gasteiger charge is -2.28. The third-order valence-electron chi connectivity index (χ3n) is 5.23. The molecule has 5 nitrogen and oxygen atoms in total. The zero-order chi connectivity index (χ0) is 25.4. The van der Waals surface area contributed by atoms with Gasteiger partial charge < -0.3 is 14.5 Å². The van der Waals surface area contributed by atoms with Crippen LogP contribution in [0.15, 0.2) is 120 Å². The average Bonchev–Trinajstić information content (AvgIpc) is 2.88. The molecule has 0 atom stereocenters. The molecule has 4 aromatic rings. The summed E-state index contributed by atoms with van der Waals surface area (Å²) < 4.78 is 5.37. The Labute approximate surface area is 212 Å². The van der Waals surface area contributed by atoms with E-state index in [1.54, 1.807) is 0 Å². The van der Waals surface area contributed by atoms with Crippen LogP contribution in [0.25, 0.3) is 0 Å². The number of hydrogen-bond acceptors (Lipinski definition) is 5. The molecule has 4 aromatic carbocycles. The molecule has 0 N–H and O–H groups in total. The number of esters is 1. The molecule has 0 radical (unpaired) electrons. The Morgan fingerprint density at radius 3 is 1.78 bits per heavy atom. The Bertz CT molecular complexity index is 1260. The fourth-order valence-electron chi connectivity index (χ4n) is 3.82. The molecule has 0 heterocycles. The molecule has 5 heteroatoms. The van der Waals surface area contributed by atoms with Crippen LogP contribution >= 0.6 is 0 Å². The van der Waals surface area contributed by atoms with Crippen LogP contribution in [0.5, 0.6) is 0 Å². The summed E-state index contributed by atoms with van der Waals surface area (Å²) in [7, 11) is 0. The number of anilines is 3. The lowest BCUT2D eigenvalue weighted by Crippen LogP contribution is -2.26. The normalized spacial score (nSPS) is 11.6. The molecule has 0 aromatic heterocycles. The van der Waals surface area contributed by atoms with Gasteiger partial charge in [-0.3, -0.25) is 0 Å². The summed E-state index contributed by atoms with van der Waals surface area (Å²) in [6.45, 7) is 5.18. The van der Waals surface area contributed by atoms with Gasteiger partial charge in [-0.2, -0.15) is 0 Å². The summed E-state index contributed by atoms with van der Waals surface area (Å²) in [5, 5.41) is 4.45. The Kier molecular flexibility index (Phi) is 7.81. The number of ether oxygens (including phenoxy) is 1. The summed E-state index contributed by atoms with van der Waals surface area (Å²) in [6.07, 6.45) is 0. The first-order valence-corrected chi connectivity index (χ1v) is 11.9. The van der Waals surface area contributed by atoms with E-state index in [1.165, 1.54) is 0 Å². The van der Waals surface area contributed by atoms with E-state index in [0.717, 1.165) is 28.2 Å². The van der Waals surface area contributed by atoms with Crippen LogP contribution in [0.2, 0.25) is 0 Å². The first kappa shape index (κ1) is 24.7. The van der Waals surface area contributed by atoms with Crippen molar-refractivity contribution in [1.29, 1.82) is 0 Å². The lowest BCUT2D eigenvalue weighted by molar-refractivity contribution is -0.160. The second kappa shape index (κ2) is 11.4. The number of carbonyl (C=O) groups excluding carboxylic acids is 1. The zero-order valence-corrected chi connectivity index (χ0v) is 20.8. The molecular formula is C31H30N2O3. The van der Waals surface area contributed by atoms with Crippen molar-refractivity contribution < 1.29 is 14.4 Å². The van der Waals surface area contributed by atoms with Gasteiger partial charge in [0.25, 0.3) is 0 Å². The van der Waals surface area contributed by atoms with Crippen molar-refractivity contribution in [3.63, 3.8) is 0 Å². The minimum absolute atomic E-state index is 0.281. The highest BCUT2D eigenvalue weighted by molar-refractivity contribution is 6.16. The number of nitrogens with zero attached hydrogens (tertiary/aromatic N) is 2. The maximum absolute atomic E-state index is 12.2. The molecule has 0 saturated carbocycles. The van der Waals surface area contributed by atoms with Crippen LogP contribution in [-0.2, 0) is 14.4 Å².